The number of Topliss-reactive ketones (excluding diaryl/α,β-unsaturated/α-hetero) is 1. The first-order valence-electron chi connectivity index (χ1n) is 5.45. The fourth-order valence-corrected chi connectivity index (χ4v) is 2.29. The van der Waals surface area contributed by atoms with Gasteiger partial charge in [-0.15, -0.1) is 0 Å². The lowest BCUT2D eigenvalue weighted by molar-refractivity contribution is 0.101. The van der Waals surface area contributed by atoms with Gasteiger partial charge in [0.05, 0.1) is 11.3 Å². The van der Waals surface area contributed by atoms with E-state index in [-0.39, 0.29) is 5.78 Å². The predicted molar refractivity (Wildman–Crippen MR) is 66.5 cm³/mol. The average molecular weight is 242 g/mol. The zero-order valence-electron chi connectivity index (χ0n) is 10.0. The van der Waals surface area contributed by atoms with Crippen LogP contribution in [0.1, 0.15) is 36.3 Å². The van der Waals surface area contributed by atoms with Crippen LogP contribution in [0.5, 0.6) is 0 Å². The molecule has 0 atom stereocenters. The first kappa shape index (κ1) is 13.1. The van der Waals surface area contributed by atoms with Crippen LogP contribution in [0.3, 0.4) is 0 Å². The van der Waals surface area contributed by atoms with Gasteiger partial charge < -0.3 is 10.1 Å². The topological polar surface area (TPSA) is 51.2 Å². The summed E-state index contributed by atoms with van der Waals surface area (Å²) >= 11 is 1.35. The summed E-state index contributed by atoms with van der Waals surface area (Å²) in [6, 6.07) is 0. The van der Waals surface area contributed by atoms with Gasteiger partial charge in [-0.1, -0.05) is 0 Å². The Bertz CT molecular complexity index is 350. The lowest BCUT2D eigenvalue weighted by atomic mass is 10.2. The number of carbonyl (C=O) groups is 1. The average Bonchev–Trinajstić information content (AvgIpc) is 2.59. The Hall–Kier alpha value is -0.940. The fraction of sp³-hybridized carbons (Fsp3) is 0.636. The third-order valence-corrected chi connectivity index (χ3v) is 3.07. The Balaban J connectivity index is 2.45. The molecule has 0 unspecified atom stereocenters. The second-order valence-corrected chi connectivity index (χ2v) is 4.28. The monoisotopic (exact) mass is 242 g/mol. The van der Waals surface area contributed by atoms with E-state index >= 15 is 0 Å². The van der Waals surface area contributed by atoms with E-state index in [1.165, 1.54) is 11.5 Å². The predicted octanol–water partition coefficient (Wildman–Crippen LogP) is 2.49. The molecule has 1 rings (SSSR count). The van der Waals surface area contributed by atoms with Crippen molar-refractivity contribution in [2.24, 2.45) is 0 Å². The molecule has 1 aromatic heterocycles. The fourth-order valence-electron chi connectivity index (χ4n) is 1.43. The highest BCUT2D eigenvalue weighted by Gasteiger charge is 2.13. The summed E-state index contributed by atoms with van der Waals surface area (Å²) < 4.78 is 9.42. The summed E-state index contributed by atoms with van der Waals surface area (Å²) in [5.74, 6) is 0.0681. The summed E-state index contributed by atoms with van der Waals surface area (Å²) in [5.41, 5.74) is 1.53. The van der Waals surface area contributed by atoms with E-state index in [2.05, 4.69) is 9.69 Å². The first-order chi connectivity index (χ1) is 7.66. The molecule has 0 amide bonds. The number of ether oxygens (including phenoxy) is 1. The minimum Gasteiger partial charge on any atom is -0.382 e. The van der Waals surface area contributed by atoms with Crippen LogP contribution in [-0.4, -0.2) is 29.9 Å². The molecular weight excluding hydrogens is 224 g/mol. The molecule has 4 nitrogen and oxygen atoms in total. The molecule has 0 aliphatic heterocycles. The number of nitrogens with zero attached hydrogens (tertiary/aromatic N) is 1. The second-order valence-electron chi connectivity index (χ2n) is 3.51. The third kappa shape index (κ3) is 3.57. The van der Waals surface area contributed by atoms with Gasteiger partial charge in [-0.25, -0.2) is 0 Å². The maximum atomic E-state index is 11.4. The maximum Gasteiger partial charge on any atom is 0.164 e. The Morgan fingerprint density at radius 2 is 2.31 bits per heavy atom. The highest BCUT2D eigenvalue weighted by atomic mass is 32.1. The van der Waals surface area contributed by atoms with Crippen molar-refractivity contribution in [2.45, 2.75) is 27.2 Å². The smallest absolute Gasteiger partial charge is 0.164 e. The number of anilines is 1. The standard InChI is InChI=1S/C11H18N2O2S/c1-4-15-7-5-6-12-11-10(9(3)14)8(2)13-16-11/h12H,4-7H2,1-3H3. The zero-order chi connectivity index (χ0) is 12.0. The number of aromatic nitrogens is 1. The number of aryl methyl sites for hydroxylation is 1. The Morgan fingerprint density at radius 1 is 1.56 bits per heavy atom. The van der Waals surface area contributed by atoms with Gasteiger partial charge in [0, 0.05) is 19.8 Å². The molecule has 0 aliphatic carbocycles. The number of carbonyl (C=O) groups excluding carboxylic acids is 1. The molecule has 1 heterocycles. The van der Waals surface area contributed by atoms with Crippen LogP contribution in [-0.2, 0) is 4.74 Å². The van der Waals surface area contributed by atoms with Crippen LogP contribution in [0.15, 0.2) is 0 Å². The minimum atomic E-state index is 0.0681. The first-order valence-corrected chi connectivity index (χ1v) is 6.23. The van der Waals surface area contributed by atoms with Crippen LogP contribution < -0.4 is 5.32 Å². The molecule has 0 saturated carbocycles. The van der Waals surface area contributed by atoms with E-state index in [0.29, 0.717) is 0 Å². The van der Waals surface area contributed by atoms with Crippen molar-refractivity contribution in [3.63, 3.8) is 0 Å². The third-order valence-electron chi connectivity index (χ3n) is 2.17. The van der Waals surface area contributed by atoms with E-state index in [1.54, 1.807) is 6.92 Å². The highest BCUT2D eigenvalue weighted by molar-refractivity contribution is 7.10. The Labute approximate surface area is 100 Å². The van der Waals surface area contributed by atoms with E-state index in [4.69, 9.17) is 4.74 Å². The number of rotatable bonds is 7. The molecule has 1 N–H and O–H groups in total. The summed E-state index contributed by atoms with van der Waals surface area (Å²) in [6.45, 7) is 7.71. The highest BCUT2D eigenvalue weighted by Crippen LogP contribution is 2.24. The Kier molecular flexibility index (Phi) is 5.42. The van der Waals surface area contributed by atoms with Crippen molar-refractivity contribution in [3.05, 3.63) is 11.3 Å². The van der Waals surface area contributed by atoms with Crippen LogP contribution in [0, 0.1) is 6.92 Å². The molecule has 16 heavy (non-hydrogen) atoms. The van der Waals surface area contributed by atoms with Gasteiger partial charge in [0.1, 0.15) is 5.00 Å². The van der Waals surface area contributed by atoms with Crippen molar-refractivity contribution >= 4 is 22.3 Å². The minimum absolute atomic E-state index is 0.0681. The Morgan fingerprint density at radius 3 is 2.94 bits per heavy atom. The normalized spacial score (nSPS) is 10.4. The van der Waals surface area contributed by atoms with Crippen molar-refractivity contribution in [1.29, 1.82) is 0 Å². The van der Waals surface area contributed by atoms with Crippen LogP contribution in [0.2, 0.25) is 0 Å². The molecule has 5 heteroatoms. The quantitative estimate of drug-likeness (QED) is 0.589. The van der Waals surface area contributed by atoms with Crippen LogP contribution in [0.25, 0.3) is 0 Å². The van der Waals surface area contributed by atoms with Crippen molar-refractivity contribution in [1.82, 2.24) is 4.37 Å². The number of ketones is 1. The number of hydrogen-bond donors (Lipinski definition) is 1. The van der Waals surface area contributed by atoms with E-state index in [0.717, 1.165) is 42.4 Å². The molecule has 0 aliphatic rings. The van der Waals surface area contributed by atoms with Gasteiger partial charge >= 0.3 is 0 Å². The number of hydrogen-bond acceptors (Lipinski definition) is 5. The maximum absolute atomic E-state index is 11.4. The molecule has 0 bridgehead atoms. The summed E-state index contributed by atoms with van der Waals surface area (Å²) in [6.07, 6.45) is 0.933. The largest absolute Gasteiger partial charge is 0.382 e. The summed E-state index contributed by atoms with van der Waals surface area (Å²) in [5, 5.41) is 4.11. The van der Waals surface area contributed by atoms with Crippen LogP contribution in [0.4, 0.5) is 5.00 Å². The van der Waals surface area contributed by atoms with E-state index in [9.17, 15) is 4.79 Å². The van der Waals surface area contributed by atoms with Gasteiger partial charge in [-0.3, -0.25) is 4.79 Å². The van der Waals surface area contributed by atoms with Gasteiger partial charge in [0.15, 0.2) is 5.78 Å². The molecule has 0 aromatic carbocycles. The number of nitrogens with one attached hydrogen (secondary N) is 1. The molecule has 1 aromatic rings. The van der Waals surface area contributed by atoms with E-state index in [1.807, 2.05) is 13.8 Å². The molecular formula is C11H18N2O2S. The summed E-state index contributed by atoms with van der Waals surface area (Å²) in [7, 11) is 0. The molecule has 0 spiro atoms. The molecule has 0 saturated heterocycles. The molecule has 90 valence electrons. The molecule has 0 radical (unpaired) electrons. The van der Waals surface area contributed by atoms with Crippen molar-refractivity contribution < 1.29 is 9.53 Å². The van der Waals surface area contributed by atoms with Crippen molar-refractivity contribution in [3.8, 4) is 0 Å². The van der Waals surface area contributed by atoms with E-state index < -0.39 is 0 Å². The molecule has 0 fully saturated rings. The van der Waals surface area contributed by atoms with Gasteiger partial charge in [-0.05, 0) is 38.7 Å². The van der Waals surface area contributed by atoms with Crippen molar-refractivity contribution in [2.75, 3.05) is 25.1 Å². The lowest BCUT2D eigenvalue weighted by Crippen LogP contribution is -2.07. The lowest BCUT2D eigenvalue weighted by Gasteiger charge is -2.05. The summed E-state index contributed by atoms with van der Waals surface area (Å²) in [4.78, 5) is 11.4. The van der Waals surface area contributed by atoms with Gasteiger partial charge in [0.2, 0.25) is 0 Å². The van der Waals surface area contributed by atoms with Gasteiger partial charge in [0.25, 0.3) is 0 Å². The van der Waals surface area contributed by atoms with Crippen LogP contribution >= 0.6 is 11.5 Å². The zero-order valence-corrected chi connectivity index (χ0v) is 10.8. The van der Waals surface area contributed by atoms with Gasteiger partial charge in [-0.2, -0.15) is 4.37 Å². The second kappa shape index (κ2) is 6.60. The SMILES string of the molecule is CCOCCCNc1snc(C)c1C(C)=O.